The number of halogens is 2. The molecule has 3 rings (SSSR count). The van der Waals surface area contributed by atoms with E-state index in [1.54, 1.807) is 42.5 Å². The van der Waals surface area contributed by atoms with Crippen LogP contribution in [0, 0.1) is 0 Å². The third-order valence-electron chi connectivity index (χ3n) is 6.72. The quantitative estimate of drug-likeness (QED) is 0.245. The first-order valence-electron chi connectivity index (χ1n) is 13.7. The number of hydrogen-bond acceptors (Lipinski definition) is 5. The smallest absolute Gasteiger partial charge is 0.244 e. The molecule has 2 atom stereocenters. The van der Waals surface area contributed by atoms with Gasteiger partial charge >= 0.3 is 0 Å². The van der Waals surface area contributed by atoms with E-state index in [2.05, 4.69) is 5.32 Å². The zero-order chi connectivity index (χ0) is 30.9. The third-order valence-corrected chi connectivity index (χ3v) is 8.60. The molecule has 226 valence electrons. The Morgan fingerprint density at radius 1 is 0.929 bits per heavy atom. The highest BCUT2D eigenvalue weighted by molar-refractivity contribution is 7.92. The average molecular weight is 635 g/mol. The maximum absolute atomic E-state index is 14.1. The molecule has 0 spiro atoms. The first-order chi connectivity index (χ1) is 19.9. The van der Waals surface area contributed by atoms with E-state index in [1.807, 2.05) is 51.1 Å². The number of nitrogens with one attached hydrogen (secondary N) is 1. The normalized spacial score (nSPS) is 12.7. The topological polar surface area (TPSA) is 96.0 Å². The van der Waals surface area contributed by atoms with Crippen molar-refractivity contribution in [3.63, 3.8) is 0 Å². The molecule has 2 amide bonds. The molecule has 0 aliphatic rings. The third kappa shape index (κ3) is 9.37. The Morgan fingerprint density at radius 2 is 1.60 bits per heavy atom. The average Bonchev–Trinajstić information content (AvgIpc) is 2.95. The Labute approximate surface area is 258 Å². The van der Waals surface area contributed by atoms with Gasteiger partial charge in [0.05, 0.1) is 28.6 Å². The van der Waals surface area contributed by atoms with Gasteiger partial charge < -0.3 is 15.0 Å². The lowest BCUT2D eigenvalue weighted by Gasteiger charge is -2.34. The fraction of sp³-hybridized carbons (Fsp3) is 0.355. The van der Waals surface area contributed by atoms with Crippen LogP contribution in [0.1, 0.15) is 38.3 Å². The molecule has 3 aromatic carbocycles. The Bertz CT molecular complexity index is 1450. The summed E-state index contributed by atoms with van der Waals surface area (Å²) in [5.41, 5.74) is 1.78. The van der Waals surface area contributed by atoms with Gasteiger partial charge in [-0.1, -0.05) is 66.5 Å². The van der Waals surface area contributed by atoms with E-state index in [0.29, 0.717) is 40.1 Å². The van der Waals surface area contributed by atoms with Crippen molar-refractivity contribution in [1.29, 1.82) is 0 Å². The molecule has 0 saturated carbocycles. The second-order valence-corrected chi connectivity index (χ2v) is 12.7. The van der Waals surface area contributed by atoms with E-state index < -0.39 is 28.5 Å². The number of benzene rings is 3. The van der Waals surface area contributed by atoms with Crippen LogP contribution < -0.4 is 14.4 Å². The van der Waals surface area contributed by atoms with Gasteiger partial charge in [-0.25, -0.2) is 8.42 Å². The zero-order valence-corrected chi connectivity index (χ0v) is 26.5. The highest BCUT2D eigenvalue weighted by Crippen LogP contribution is 2.26. The van der Waals surface area contributed by atoms with Gasteiger partial charge in [0.1, 0.15) is 18.3 Å². The summed E-state index contributed by atoms with van der Waals surface area (Å²) in [4.78, 5) is 29.3. The SMILES string of the molecule is CCOc1ccc(N(CC(=O)N(Cc2ccc(Cl)c(Cl)c2)[C@@H](Cc2ccccc2)C(=O)N[C@H](C)CC)S(C)(=O)=O)cc1. The first-order valence-corrected chi connectivity index (χ1v) is 16.3. The van der Waals surface area contributed by atoms with Crippen LogP contribution in [0.4, 0.5) is 5.69 Å². The number of carbonyl (C=O) groups excluding carboxylic acids is 2. The minimum atomic E-state index is -3.88. The van der Waals surface area contributed by atoms with Crippen molar-refractivity contribution in [2.24, 2.45) is 0 Å². The number of rotatable bonds is 14. The molecule has 1 N–H and O–H groups in total. The van der Waals surface area contributed by atoms with Gasteiger partial charge in [-0.15, -0.1) is 0 Å². The number of anilines is 1. The van der Waals surface area contributed by atoms with Crippen molar-refractivity contribution in [2.45, 2.75) is 52.2 Å². The number of carbonyl (C=O) groups is 2. The predicted molar refractivity (Wildman–Crippen MR) is 169 cm³/mol. The number of sulfonamides is 1. The molecule has 11 heteroatoms. The van der Waals surface area contributed by atoms with E-state index in [-0.39, 0.29) is 24.9 Å². The Hall–Kier alpha value is -3.27. The monoisotopic (exact) mass is 633 g/mol. The Balaban J connectivity index is 2.06. The van der Waals surface area contributed by atoms with Gasteiger partial charge in [0.2, 0.25) is 21.8 Å². The van der Waals surface area contributed by atoms with Crippen LogP contribution in [0.15, 0.2) is 72.8 Å². The van der Waals surface area contributed by atoms with E-state index in [0.717, 1.165) is 16.1 Å². The highest BCUT2D eigenvalue weighted by Gasteiger charge is 2.33. The highest BCUT2D eigenvalue weighted by atomic mass is 35.5. The van der Waals surface area contributed by atoms with E-state index in [4.69, 9.17) is 27.9 Å². The first kappa shape index (κ1) is 33.2. The van der Waals surface area contributed by atoms with Crippen molar-refractivity contribution in [3.8, 4) is 5.75 Å². The van der Waals surface area contributed by atoms with Crippen molar-refractivity contribution < 1.29 is 22.7 Å². The summed E-state index contributed by atoms with van der Waals surface area (Å²) in [6.07, 6.45) is 1.96. The molecular weight excluding hydrogens is 597 g/mol. The molecule has 0 heterocycles. The van der Waals surface area contributed by atoms with Crippen LogP contribution in [0.5, 0.6) is 5.75 Å². The minimum Gasteiger partial charge on any atom is -0.494 e. The molecule has 0 aromatic heterocycles. The maximum atomic E-state index is 14.1. The van der Waals surface area contributed by atoms with Gasteiger partial charge in [0, 0.05) is 19.0 Å². The zero-order valence-electron chi connectivity index (χ0n) is 24.2. The second-order valence-electron chi connectivity index (χ2n) is 9.99. The molecule has 0 unspecified atom stereocenters. The summed E-state index contributed by atoms with van der Waals surface area (Å²) in [6, 6.07) is 19.7. The number of nitrogens with zero attached hydrogens (tertiary/aromatic N) is 2. The molecular formula is C31H37Cl2N3O5S. The Morgan fingerprint density at radius 3 is 2.17 bits per heavy atom. The number of amides is 2. The molecule has 0 aliphatic heterocycles. The summed E-state index contributed by atoms with van der Waals surface area (Å²) in [5, 5.41) is 3.66. The molecule has 0 fully saturated rings. The second kappa shape index (κ2) is 15.3. The number of ether oxygens (including phenoxy) is 1. The van der Waals surface area contributed by atoms with E-state index in [1.165, 1.54) is 4.90 Å². The van der Waals surface area contributed by atoms with Gasteiger partial charge in [-0.3, -0.25) is 13.9 Å². The summed E-state index contributed by atoms with van der Waals surface area (Å²) in [7, 11) is -3.88. The largest absolute Gasteiger partial charge is 0.494 e. The summed E-state index contributed by atoms with van der Waals surface area (Å²) in [5.74, 6) is -0.318. The summed E-state index contributed by atoms with van der Waals surface area (Å²) < 4.78 is 32.4. The molecule has 0 aliphatic carbocycles. The number of hydrogen-bond donors (Lipinski definition) is 1. The van der Waals surface area contributed by atoms with Crippen LogP contribution in [-0.2, 0) is 32.6 Å². The van der Waals surface area contributed by atoms with Crippen LogP contribution >= 0.6 is 23.2 Å². The lowest BCUT2D eigenvalue weighted by molar-refractivity contribution is -0.140. The fourth-order valence-corrected chi connectivity index (χ4v) is 5.49. The molecule has 0 bridgehead atoms. The van der Waals surface area contributed by atoms with Gasteiger partial charge in [0.25, 0.3) is 0 Å². The minimum absolute atomic E-state index is 0.00201. The fourth-order valence-electron chi connectivity index (χ4n) is 4.32. The van der Waals surface area contributed by atoms with Crippen LogP contribution in [-0.4, -0.2) is 56.6 Å². The molecule has 0 saturated heterocycles. The molecule has 42 heavy (non-hydrogen) atoms. The summed E-state index contributed by atoms with van der Waals surface area (Å²) in [6.45, 7) is 5.63. The molecule has 3 aromatic rings. The summed E-state index contributed by atoms with van der Waals surface area (Å²) >= 11 is 12.4. The van der Waals surface area contributed by atoms with Crippen LogP contribution in [0.3, 0.4) is 0 Å². The van der Waals surface area contributed by atoms with Crippen LogP contribution in [0.2, 0.25) is 10.0 Å². The van der Waals surface area contributed by atoms with Gasteiger partial charge in [0.15, 0.2) is 0 Å². The van der Waals surface area contributed by atoms with Gasteiger partial charge in [-0.05, 0) is 67.8 Å². The van der Waals surface area contributed by atoms with Crippen molar-refractivity contribution in [3.05, 3.63) is 94.0 Å². The van der Waals surface area contributed by atoms with Crippen molar-refractivity contribution >= 4 is 50.7 Å². The van der Waals surface area contributed by atoms with E-state index >= 15 is 0 Å². The molecule has 0 radical (unpaired) electrons. The standard InChI is InChI=1S/C31H37Cl2N3O5S/c1-5-22(3)34-31(38)29(19-23-10-8-7-9-11-23)35(20-24-12-17-27(32)28(33)18-24)30(37)21-36(42(4,39)40)25-13-15-26(16-14-25)41-6-2/h7-18,22,29H,5-6,19-21H2,1-4H3,(H,34,38)/t22-,29+/m1/s1. The van der Waals surface area contributed by atoms with Gasteiger partial charge in [-0.2, -0.15) is 0 Å². The van der Waals surface area contributed by atoms with Crippen molar-refractivity contribution in [1.82, 2.24) is 10.2 Å². The van der Waals surface area contributed by atoms with E-state index in [9.17, 15) is 18.0 Å². The lowest BCUT2D eigenvalue weighted by Crippen LogP contribution is -2.54. The molecule has 8 nitrogen and oxygen atoms in total. The van der Waals surface area contributed by atoms with Crippen LogP contribution in [0.25, 0.3) is 0 Å². The predicted octanol–water partition coefficient (Wildman–Crippen LogP) is 5.71. The van der Waals surface area contributed by atoms with Crippen molar-refractivity contribution in [2.75, 3.05) is 23.7 Å². The maximum Gasteiger partial charge on any atom is 0.244 e. The lowest BCUT2D eigenvalue weighted by atomic mass is 10.0. The Kier molecular flexibility index (Phi) is 12.1.